The summed E-state index contributed by atoms with van der Waals surface area (Å²) in [7, 11) is 0. The minimum atomic E-state index is -0.320. The fourth-order valence-electron chi connectivity index (χ4n) is 2.55. The topological polar surface area (TPSA) is 29.1 Å². The smallest absolute Gasteiger partial charge is 0.224 e. The van der Waals surface area contributed by atoms with Gasteiger partial charge in [-0.15, -0.1) is 0 Å². The van der Waals surface area contributed by atoms with Gasteiger partial charge in [0.25, 0.3) is 0 Å². The highest BCUT2D eigenvalue weighted by atomic mass is 79.9. The molecule has 0 saturated heterocycles. The van der Waals surface area contributed by atoms with Crippen molar-refractivity contribution in [3.63, 3.8) is 0 Å². The molecule has 2 nitrogen and oxygen atoms in total. The molecule has 0 bridgehead atoms. The molecule has 19 heavy (non-hydrogen) atoms. The van der Waals surface area contributed by atoms with Gasteiger partial charge in [0.05, 0.1) is 6.42 Å². The average Bonchev–Trinajstić information content (AvgIpc) is 2.62. The highest BCUT2D eigenvalue weighted by molar-refractivity contribution is 9.10. The summed E-state index contributed by atoms with van der Waals surface area (Å²) < 4.78 is 14.4. The van der Waals surface area contributed by atoms with Crippen molar-refractivity contribution in [1.29, 1.82) is 0 Å². The zero-order valence-corrected chi connectivity index (χ0v) is 12.5. The largest absolute Gasteiger partial charge is 0.353 e. The molecule has 1 fully saturated rings. The number of hydrogen-bond acceptors (Lipinski definition) is 1. The fraction of sp³-hybridized carbons (Fsp3) is 0.533. The fourth-order valence-corrected chi connectivity index (χ4v) is 2.96. The first-order valence-electron chi connectivity index (χ1n) is 6.88. The molecular formula is C15H19BrFNO. The standard InChI is InChI=1S/C15H19BrFNO/c16-12-7-8-14(17)11(9-12)10-15(19)18-13-5-3-1-2-4-6-13/h7-9,13H,1-6,10H2,(H,18,19). The number of carbonyl (C=O) groups excluding carboxylic acids is 1. The molecule has 4 heteroatoms. The van der Waals surface area contributed by atoms with Crippen molar-refractivity contribution in [2.75, 3.05) is 0 Å². The second-order valence-corrected chi connectivity index (χ2v) is 6.08. The van der Waals surface area contributed by atoms with E-state index in [4.69, 9.17) is 0 Å². The Morgan fingerprint density at radius 3 is 2.63 bits per heavy atom. The van der Waals surface area contributed by atoms with Crippen LogP contribution in [0.4, 0.5) is 4.39 Å². The number of amides is 1. The molecule has 1 amide bonds. The molecular weight excluding hydrogens is 309 g/mol. The highest BCUT2D eigenvalue weighted by Gasteiger charge is 2.16. The number of halogens is 2. The molecule has 0 aliphatic heterocycles. The molecule has 1 aliphatic carbocycles. The van der Waals surface area contributed by atoms with Gasteiger partial charge in [-0.3, -0.25) is 4.79 Å². The summed E-state index contributed by atoms with van der Waals surface area (Å²) in [5.41, 5.74) is 0.445. The third-order valence-corrected chi connectivity index (χ3v) is 4.07. The van der Waals surface area contributed by atoms with E-state index in [9.17, 15) is 9.18 Å². The summed E-state index contributed by atoms with van der Waals surface area (Å²) in [6, 6.07) is 4.97. The first-order chi connectivity index (χ1) is 9.15. The normalized spacial score (nSPS) is 16.9. The maximum atomic E-state index is 13.6. The Hall–Kier alpha value is -0.900. The Morgan fingerprint density at radius 1 is 1.26 bits per heavy atom. The lowest BCUT2D eigenvalue weighted by molar-refractivity contribution is -0.121. The van der Waals surface area contributed by atoms with E-state index >= 15 is 0 Å². The van der Waals surface area contributed by atoms with Gasteiger partial charge in [0.15, 0.2) is 0 Å². The number of carbonyl (C=O) groups is 1. The summed E-state index contributed by atoms with van der Waals surface area (Å²) in [5.74, 6) is -0.400. The number of nitrogens with one attached hydrogen (secondary N) is 1. The zero-order valence-electron chi connectivity index (χ0n) is 10.9. The molecule has 0 unspecified atom stereocenters. The molecule has 1 aromatic rings. The lowest BCUT2D eigenvalue weighted by Crippen LogP contribution is -2.35. The van der Waals surface area contributed by atoms with Crippen LogP contribution in [0, 0.1) is 5.82 Å². The Balaban J connectivity index is 1.91. The molecule has 1 aliphatic rings. The van der Waals surface area contributed by atoms with Crippen molar-refractivity contribution in [3.8, 4) is 0 Å². The van der Waals surface area contributed by atoms with Crippen molar-refractivity contribution < 1.29 is 9.18 Å². The van der Waals surface area contributed by atoms with E-state index in [1.807, 2.05) is 0 Å². The van der Waals surface area contributed by atoms with Gasteiger partial charge in [-0.05, 0) is 36.6 Å². The van der Waals surface area contributed by atoms with Crippen LogP contribution >= 0.6 is 15.9 Å². The van der Waals surface area contributed by atoms with Crippen molar-refractivity contribution in [3.05, 3.63) is 34.1 Å². The van der Waals surface area contributed by atoms with Crippen LogP contribution in [0.25, 0.3) is 0 Å². The summed E-state index contributed by atoms with van der Waals surface area (Å²) in [6.45, 7) is 0. The van der Waals surface area contributed by atoms with Gasteiger partial charge < -0.3 is 5.32 Å². The van der Waals surface area contributed by atoms with E-state index in [0.29, 0.717) is 5.56 Å². The average molecular weight is 328 g/mol. The monoisotopic (exact) mass is 327 g/mol. The van der Waals surface area contributed by atoms with Crippen LogP contribution < -0.4 is 5.32 Å². The van der Waals surface area contributed by atoms with Crippen LogP contribution in [0.3, 0.4) is 0 Å². The third-order valence-electron chi connectivity index (χ3n) is 3.58. The highest BCUT2D eigenvalue weighted by Crippen LogP contribution is 2.18. The van der Waals surface area contributed by atoms with Crippen molar-refractivity contribution in [1.82, 2.24) is 5.32 Å². The first-order valence-corrected chi connectivity index (χ1v) is 7.68. The number of benzene rings is 1. The zero-order chi connectivity index (χ0) is 13.7. The van der Waals surface area contributed by atoms with Gasteiger partial charge in [-0.2, -0.15) is 0 Å². The molecule has 1 saturated carbocycles. The van der Waals surface area contributed by atoms with Crippen molar-refractivity contribution >= 4 is 21.8 Å². The van der Waals surface area contributed by atoms with Crippen LogP contribution in [0.2, 0.25) is 0 Å². The SMILES string of the molecule is O=C(Cc1cc(Br)ccc1F)NC1CCCCCC1. The molecule has 0 spiro atoms. The predicted molar refractivity (Wildman–Crippen MR) is 77.4 cm³/mol. The van der Waals surface area contributed by atoms with Crippen LogP contribution in [-0.4, -0.2) is 11.9 Å². The maximum Gasteiger partial charge on any atom is 0.224 e. The molecule has 0 aromatic heterocycles. The lowest BCUT2D eigenvalue weighted by atomic mass is 10.1. The minimum absolute atomic E-state index is 0.0797. The van der Waals surface area contributed by atoms with E-state index < -0.39 is 0 Å². The van der Waals surface area contributed by atoms with Crippen molar-refractivity contribution in [2.24, 2.45) is 0 Å². The number of hydrogen-bond donors (Lipinski definition) is 1. The molecule has 1 aromatic carbocycles. The van der Waals surface area contributed by atoms with E-state index in [1.165, 1.54) is 31.7 Å². The predicted octanol–water partition coefficient (Wildman–Crippen LogP) is 3.97. The van der Waals surface area contributed by atoms with Gasteiger partial charge in [0, 0.05) is 10.5 Å². The van der Waals surface area contributed by atoms with Gasteiger partial charge in [-0.1, -0.05) is 41.6 Å². The van der Waals surface area contributed by atoms with Crippen LogP contribution in [0.1, 0.15) is 44.1 Å². The van der Waals surface area contributed by atoms with E-state index in [0.717, 1.165) is 17.3 Å². The molecule has 0 atom stereocenters. The van der Waals surface area contributed by atoms with Gasteiger partial charge in [0.2, 0.25) is 5.91 Å². The first kappa shape index (κ1) is 14.5. The Bertz CT molecular complexity index is 442. The van der Waals surface area contributed by atoms with Gasteiger partial charge >= 0.3 is 0 Å². The summed E-state index contributed by atoms with van der Waals surface area (Å²) >= 11 is 3.30. The van der Waals surface area contributed by atoms with Crippen molar-refractivity contribution in [2.45, 2.75) is 51.0 Å². The second kappa shape index (κ2) is 7.04. The second-order valence-electron chi connectivity index (χ2n) is 5.17. The van der Waals surface area contributed by atoms with Crippen LogP contribution in [0.15, 0.2) is 22.7 Å². The van der Waals surface area contributed by atoms with Gasteiger partial charge in [-0.25, -0.2) is 4.39 Å². The Kier molecular flexibility index (Phi) is 5.37. The van der Waals surface area contributed by atoms with E-state index in [-0.39, 0.29) is 24.2 Å². The van der Waals surface area contributed by atoms with Gasteiger partial charge in [0.1, 0.15) is 5.82 Å². The molecule has 104 valence electrons. The number of rotatable bonds is 3. The van der Waals surface area contributed by atoms with E-state index in [2.05, 4.69) is 21.2 Å². The lowest BCUT2D eigenvalue weighted by Gasteiger charge is -2.16. The Morgan fingerprint density at radius 2 is 1.95 bits per heavy atom. The summed E-state index contributed by atoms with van der Waals surface area (Å²) in [5, 5.41) is 3.03. The quantitative estimate of drug-likeness (QED) is 0.836. The summed E-state index contributed by atoms with van der Waals surface area (Å²) in [4.78, 5) is 12.0. The Labute approximate surface area is 121 Å². The molecule has 2 rings (SSSR count). The van der Waals surface area contributed by atoms with E-state index in [1.54, 1.807) is 12.1 Å². The molecule has 0 heterocycles. The van der Waals surface area contributed by atoms with Crippen LogP contribution in [-0.2, 0) is 11.2 Å². The maximum absolute atomic E-state index is 13.6. The summed E-state index contributed by atoms with van der Waals surface area (Å²) in [6.07, 6.45) is 7.08. The van der Waals surface area contributed by atoms with Crippen LogP contribution in [0.5, 0.6) is 0 Å². The minimum Gasteiger partial charge on any atom is -0.353 e. The third kappa shape index (κ3) is 4.60. The molecule has 1 N–H and O–H groups in total. The molecule has 0 radical (unpaired) electrons.